The molecule has 1 rings (SSSR count). The Balaban J connectivity index is 2.18. The SMILES string of the molecule is CC(NCCCNC(=O)OC(C)(C)C)c1cccc(F)c1. The summed E-state index contributed by atoms with van der Waals surface area (Å²) < 4.78 is 18.2. The van der Waals surface area contributed by atoms with E-state index in [1.165, 1.54) is 12.1 Å². The molecule has 0 bridgehead atoms. The summed E-state index contributed by atoms with van der Waals surface area (Å²) in [7, 11) is 0. The lowest BCUT2D eigenvalue weighted by Gasteiger charge is -2.20. The van der Waals surface area contributed by atoms with Crippen LogP contribution in [0.5, 0.6) is 0 Å². The van der Waals surface area contributed by atoms with Crippen LogP contribution in [0, 0.1) is 5.82 Å². The minimum Gasteiger partial charge on any atom is -0.444 e. The number of nitrogens with one attached hydrogen (secondary N) is 2. The van der Waals surface area contributed by atoms with Crippen molar-refractivity contribution in [1.82, 2.24) is 10.6 Å². The quantitative estimate of drug-likeness (QED) is 0.791. The molecule has 5 heteroatoms. The number of benzene rings is 1. The van der Waals surface area contributed by atoms with Gasteiger partial charge in [0.2, 0.25) is 0 Å². The van der Waals surface area contributed by atoms with Gasteiger partial charge in [-0.15, -0.1) is 0 Å². The van der Waals surface area contributed by atoms with Crippen LogP contribution in [0.15, 0.2) is 24.3 Å². The Morgan fingerprint density at radius 3 is 2.67 bits per heavy atom. The van der Waals surface area contributed by atoms with Gasteiger partial charge in [0.25, 0.3) is 0 Å². The van der Waals surface area contributed by atoms with E-state index in [9.17, 15) is 9.18 Å². The van der Waals surface area contributed by atoms with Gasteiger partial charge in [-0.2, -0.15) is 0 Å². The molecule has 0 radical (unpaired) electrons. The van der Waals surface area contributed by atoms with E-state index in [2.05, 4.69) is 10.6 Å². The highest BCUT2D eigenvalue weighted by atomic mass is 19.1. The number of carbonyl (C=O) groups excluding carboxylic acids is 1. The van der Waals surface area contributed by atoms with E-state index in [4.69, 9.17) is 4.74 Å². The first-order valence-corrected chi connectivity index (χ1v) is 7.23. The highest BCUT2D eigenvalue weighted by molar-refractivity contribution is 5.67. The molecule has 0 spiro atoms. The largest absolute Gasteiger partial charge is 0.444 e. The second kappa shape index (κ2) is 7.98. The fourth-order valence-corrected chi connectivity index (χ4v) is 1.81. The molecule has 0 fully saturated rings. The second-order valence-electron chi connectivity index (χ2n) is 6.01. The van der Waals surface area contributed by atoms with Crippen LogP contribution in [0.3, 0.4) is 0 Å². The van der Waals surface area contributed by atoms with E-state index >= 15 is 0 Å². The minimum absolute atomic E-state index is 0.0715. The maximum Gasteiger partial charge on any atom is 0.407 e. The molecule has 4 nitrogen and oxygen atoms in total. The Morgan fingerprint density at radius 1 is 1.33 bits per heavy atom. The first-order valence-electron chi connectivity index (χ1n) is 7.23. The fraction of sp³-hybridized carbons (Fsp3) is 0.562. The number of halogens is 1. The van der Waals surface area contributed by atoms with E-state index in [1.54, 1.807) is 6.07 Å². The molecule has 1 aromatic rings. The van der Waals surface area contributed by atoms with Crippen molar-refractivity contribution in [2.24, 2.45) is 0 Å². The third-order valence-corrected chi connectivity index (χ3v) is 2.82. The number of ether oxygens (including phenoxy) is 1. The third-order valence-electron chi connectivity index (χ3n) is 2.82. The molecular weight excluding hydrogens is 271 g/mol. The zero-order valence-corrected chi connectivity index (χ0v) is 13.2. The summed E-state index contributed by atoms with van der Waals surface area (Å²) in [5.41, 5.74) is 0.434. The van der Waals surface area contributed by atoms with Gasteiger partial charge in [0.05, 0.1) is 0 Å². The van der Waals surface area contributed by atoms with Crippen LogP contribution in [0.1, 0.15) is 45.7 Å². The molecule has 1 atom stereocenters. The molecule has 21 heavy (non-hydrogen) atoms. The van der Waals surface area contributed by atoms with E-state index in [0.29, 0.717) is 6.54 Å². The Morgan fingerprint density at radius 2 is 2.05 bits per heavy atom. The second-order valence-corrected chi connectivity index (χ2v) is 6.01. The predicted octanol–water partition coefficient (Wildman–Crippen LogP) is 3.39. The van der Waals surface area contributed by atoms with E-state index < -0.39 is 11.7 Å². The van der Waals surface area contributed by atoms with Crippen molar-refractivity contribution in [2.45, 2.75) is 45.8 Å². The molecule has 0 saturated heterocycles. The molecule has 0 aromatic heterocycles. The van der Waals surface area contributed by atoms with E-state index in [1.807, 2.05) is 33.8 Å². The Bertz CT molecular complexity index is 458. The average Bonchev–Trinajstić information content (AvgIpc) is 2.36. The van der Waals surface area contributed by atoms with Crippen LogP contribution in [0.25, 0.3) is 0 Å². The van der Waals surface area contributed by atoms with Gasteiger partial charge in [0, 0.05) is 12.6 Å². The minimum atomic E-state index is -0.478. The number of rotatable bonds is 6. The zero-order chi connectivity index (χ0) is 15.9. The number of amides is 1. The number of carbonyl (C=O) groups is 1. The van der Waals surface area contributed by atoms with E-state index in [-0.39, 0.29) is 11.9 Å². The summed E-state index contributed by atoms with van der Waals surface area (Å²) in [4.78, 5) is 11.4. The first-order chi connectivity index (χ1) is 9.78. The van der Waals surface area contributed by atoms with Gasteiger partial charge in [-0.05, 0) is 58.4 Å². The molecule has 118 valence electrons. The number of alkyl carbamates (subject to hydrolysis) is 1. The molecular formula is C16H25FN2O2. The van der Waals surface area contributed by atoms with Crippen LogP contribution >= 0.6 is 0 Å². The summed E-state index contributed by atoms with van der Waals surface area (Å²) in [6.07, 6.45) is 0.375. The maximum absolute atomic E-state index is 13.1. The normalized spacial score (nSPS) is 12.8. The van der Waals surface area contributed by atoms with Crippen molar-refractivity contribution in [1.29, 1.82) is 0 Å². The average molecular weight is 296 g/mol. The first kappa shape index (κ1) is 17.4. The van der Waals surface area contributed by atoms with Crippen molar-refractivity contribution in [2.75, 3.05) is 13.1 Å². The number of hydrogen-bond acceptors (Lipinski definition) is 3. The van der Waals surface area contributed by atoms with Gasteiger partial charge in [0.15, 0.2) is 0 Å². The molecule has 0 aliphatic rings. The molecule has 0 aliphatic heterocycles. The van der Waals surface area contributed by atoms with Crippen molar-refractivity contribution in [3.8, 4) is 0 Å². The van der Waals surface area contributed by atoms with Gasteiger partial charge in [0.1, 0.15) is 11.4 Å². The molecule has 0 aliphatic carbocycles. The molecule has 1 amide bonds. The summed E-state index contributed by atoms with van der Waals surface area (Å²) in [6.45, 7) is 8.74. The van der Waals surface area contributed by atoms with Crippen molar-refractivity contribution < 1.29 is 13.9 Å². The van der Waals surface area contributed by atoms with Gasteiger partial charge >= 0.3 is 6.09 Å². The van der Waals surface area contributed by atoms with E-state index in [0.717, 1.165) is 18.5 Å². The smallest absolute Gasteiger partial charge is 0.407 e. The lowest BCUT2D eigenvalue weighted by atomic mass is 10.1. The summed E-state index contributed by atoms with van der Waals surface area (Å²) >= 11 is 0. The summed E-state index contributed by atoms with van der Waals surface area (Å²) in [5, 5.41) is 5.99. The van der Waals surface area contributed by atoms with Gasteiger partial charge in [-0.1, -0.05) is 12.1 Å². The standard InChI is InChI=1S/C16H25FN2O2/c1-12(13-7-5-8-14(17)11-13)18-9-6-10-19-15(20)21-16(2,3)4/h5,7-8,11-12,18H,6,9-10H2,1-4H3,(H,19,20). The monoisotopic (exact) mass is 296 g/mol. The topological polar surface area (TPSA) is 50.4 Å². The van der Waals surface area contributed by atoms with Crippen molar-refractivity contribution >= 4 is 6.09 Å². The highest BCUT2D eigenvalue weighted by Crippen LogP contribution is 2.13. The molecule has 1 aromatic carbocycles. The van der Waals surface area contributed by atoms with Crippen LogP contribution in [0.4, 0.5) is 9.18 Å². The third kappa shape index (κ3) is 7.66. The predicted molar refractivity (Wildman–Crippen MR) is 81.7 cm³/mol. The lowest BCUT2D eigenvalue weighted by molar-refractivity contribution is 0.0527. The van der Waals surface area contributed by atoms with Gasteiger partial charge in [-0.3, -0.25) is 0 Å². The summed E-state index contributed by atoms with van der Waals surface area (Å²) in [5.74, 6) is -0.229. The van der Waals surface area contributed by atoms with Crippen molar-refractivity contribution in [3.05, 3.63) is 35.6 Å². The van der Waals surface area contributed by atoms with Gasteiger partial charge < -0.3 is 15.4 Å². The molecule has 0 saturated carbocycles. The van der Waals surface area contributed by atoms with Crippen LogP contribution in [-0.2, 0) is 4.74 Å². The molecule has 2 N–H and O–H groups in total. The van der Waals surface area contributed by atoms with Crippen LogP contribution in [-0.4, -0.2) is 24.8 Å². The summed E-state index contributed by atoms with van der Waals surface area (Å²) in [6, 6.07) is 6.62. The number of hydrogen-bond donors (Lipinski definition) is 2. The Hall–Kier alpha value is -1.62. The highest BCUT2D eigenvalue weighted by Gasteiger charge is 2.15. The maximum atomic E-state index is 13.1. The van der Waals surface area contributed by atoms with Crippen molar-refractivity contribution in [3.63, 3.8) is 0 Å². The lowest BCUT2D eigenvalue weighted by Crippen LogP contribution is -2.34. The zero-order valence-electron chi connectivity index (χ0n) is 13.2. The fourth-order valence-electron chi connectivity index (χ4n) is 1.81. The Labute approximate surface area is 126 Å². The van der Waals surface area contributed by atoms with Crippen LogP contribution in [0.2, 0.25) is 0 Å². The molecule has 1 unspecified atom stereocenters. The molecule has 0 heterocycles. The van der Waals surface area contributed by atoms with Gasteiger partial charge in [-0.25, -0.2) is 9.18 Å². The van der Waals surface area contributed by atoms with Crippen LogP contribution < -0.4 is 10.6 Å². The Kier molecular flexibility index (Phi) is 6.62.